The molecular weight excluding hydrogens is 330 g/mol. The molecule has 0 aliphatic heterocycles. The molecule has 0 atom stereocenters. The fourth-order valence-electron chi connectivity index (χ4n) is 2.77. The van der Waals surface area contributed by atoms with Gasteiger partial charge in [0.15, 0.2) is 0 Å². The molecule has 0 fully saturated rings. The second-order valence-electron chi connectivity index (χ2n) is 5.91. The number of nitrogens with zero attached hydrogens (tertiary/aromatic N) is 2. The number of methoxy groups -OCH3 is 2. The number of anilines is 1. The number of ether oxygens (including phenoxy) is 2. The van der Waals surface area contributed by atoms with E-state index >= 15 is 0 Å². The molecule has 2 aromatic carbocycles. The molecule has 1 amide bonds. The zero-order chi connectivity index (χ0) is 18.7. The van der Waals surface area contributed by atoms with E-state index in [0.717, 1.165) is 17.1 Å². The fraction of sp³-hybridized carbons (Fsp3) is 0.200. The normalized spacial score (nSPS) is 10.5. The lowest BCUT2D eigenvalue weighted by Gasteiger charge is -2.13. The van der Waals surface area contributed by atoms with Crippen LogP contribution in [0.5, 0.6) is 11.5 Å². The standard InChI is InChI=1S/C20H21N3O3/c1-13-9-14(2)23(22-13)19-8-6-5-7-18(19)21-20(24)15-10-16(25-3)12-17(11-15)26-4/h5-12H,1-4H3,(H,21,24). The average Bonchev–Trinajstić information content (AvgIpc) is 2.99. The van der Waals surface area contributed by atoms with Crippen LogP contribution in [0.3, 0.4) is 0 Å². The van der Waals surface area contributed by atoms with Gasteiger partial charge in [-0.05, 0) is 44.2 Å². The van der Waals surface area contributed by atoms with Gasteiger partial charge in [0.25, 0.3) is 5.91 Å². The topological polar surface area (TPSA) is 65.4 Å². The first-order valence-electron chi connectivity index (χ1n) is 8.19. The third-order valence-corrected chi connectivity index (χ3v) is 4.00. The number of hydrogen-bond donors (Lipinski definition) is 1. The monoisotopic (exact) mass is 351 g/mol. The molecule has 0 radical (unpaired) electrons. The highest BCUT2D eigenvalue weighted by molar-refractivity contribution is 6.05. The van der Waals surface area contributed by atoms with Crippen molar-refractivity contribution in [3.63, 3.8) is 0 Å². The fourth-order valence-corrected chi connectivity index (χ4v) is 2.77. The van der Waals surface area contributed by atoms with Crippen LogP contribution < -0.4 is 14.8 Å². The molecular formula is C20H21N3O3. The third-order valence-electron chi connectivity index (χ3n) is 4.00. The van der Waals surface area contributed by atoms with Gasteiger partial charge in [-0.3, -0.25) is 4.79 Å². The second kappa shape index (κ2) is 7.31. The van der Waals surface area contributed by atoms with Crippen molar-refractivity contribution in [3.05, 3.63) is 65.5 Å². The third kappa shape index (κ3) is 3.54. The maximum absolute atomic E-state index is 12.8. The van der Waals surface area contributed by atoms with Crippen LogP contribution in [-0.4, -0.2) is 29.9 Å². The molecule has 0 spiro atoms. The quantitative estimate of drug-likeness (QED) is 0.760. The largest absolute Gasteiger partial charge is 0.497 e. The maximum Gasteiger partial charge on any atom is 0.255 e. The summed E-state index contributed by atoms with van der Waals surface area (Å²) in [6, 6.07) is 14.6. The zero-order valence-corrected chi connectivity index (χ0v) is 15.2. The molecule has 0 saturated heterocycles. The summed E-state index contributed by atoms with van der Waals surface area (Å²) in [4.78, 5) is 12.8. The van der Waals surface area contributed by atoms with Gasteiger partial charge in [0, 0.05) is 17.3 Å². The minimum absolute atomic E-state index is 0.254. The van der Waals surface area contributed by atoms with Crippen molar-refractivity contribution in [1.29, 1.82) is 0 Å². The van der Waals surface area contributed by atoms with Gasteiger partial charge in [-0.25, -0.2) is 4.68 Å². The minimum atomic E-state index is -0.254. The number of carbonyl (C=O) groups is 1. The summed E-state index contributed by atoms with van der Waals surface area (Å²) in [5.41, 5.74) is 3.84. The summed E-state index contributed by atoms with van der Waals surface area (Å²) < 4.78 is 12.3. The number of para-hydroxylation sites is 2. The van der Waals surface area contributed by atoms with E-state index in [-0.39, 0.29) is 5.91 Å². The van der Waals surface area contributed by atoms with E-state index in [9.17, 15) is 4.79 Å². The number of rotatable bonds is 5. The SMILES string of the molecule is COc1cc(OC)cc(C(=O)Nc2ccccc2-n2nc(C)cc2C)c1. The van der Waals surface area contributed by atoms with Crippen molar-refractivity contribution in [3.8, 4) is 17.2 Å². The van der Waals surface area contributed by atoms with E-state index in [0.29, 0.717) is 22.7 Å². The first kappa shape index (κ1) is 17.5. The van der Waals surface area contributed by atoms with Crippen molar-refractivity contribution < 1.29 is 14.3 Å². The van der Waals surface area contributed by atoms with Crippen molar-refractivity contribution in [2.75, 3.05) is 19.5 Å². The molecule has 6 heteroatoms. The Morgan fingerprint density at radius 3 is 2.23 bits per heavy atom. The van der Waals surface area contributed by atoms with E-state index in [1.54, 1.807) is 32.4 Å². The lowest BCUT2D eigenvalue weighted by Crippen LogP contribution is -2.14. The molecule has 6 nitrogen and oxygen atoms in total. The van der Waals surface area contributed by atoms with E-state index in [4.69, 9.17) is 9.47 Å². The van der Waals surface area contributed by atoms with Crippen molar-refractivity contribution in [1.82, 2.24) is 9.78 Å². The Morgan fingerprint density at radius 2 is 1.65 bits per heavy atom. The number of nitrogens with one attached hydrogen (secondary N) is 1. The van der Waals surface area contributed by atoms with Crippen LogP contribution >= 0.6 is 0 Å². The van der Waals surface area contributed by atoms with Crippen LogP contribution in [0, 0.1) is 13.8 Å². The molecule has 0 aliphatic carbocycles. The van der Waals surface area contributed by atoms with E-state index in [1.807, 2.05) is 48.9 Å². The Balaban J connectivity index is 1.95. The Kier molecular flexibility index (Phi) is 4.93. The van der Waals surface area contributed by atoms with Crippen molar-refractivity contribution in [2.45, 2.75) is 13.8 Å². The van der Waals surface area contributed by atoms with Gasteiger partial charge in [-0.15, -0.1) is 0 Å². The zero-order valence-electron chi connectivity index (χ0n) is 15.2. The average molecular weight is 351 g/mol. The molecule has 134 valence electrons. The molecule has 26 heavy (non-hydrogen) atoms. The molecule has 0 aliphatic rings. The predicted octanol–water partition coefficient (Wildman–Crippen LogP) is 3.76. The van der Waals surface area contributed by atoms with E-state index in [1.165, 1.54) is 0 Å². The van der Waals surface area contributed by atoms with Crippen LogP contribution in [0.25, 0.3) is 5.69 Å². The van der Waals surface area contributed by atoms with Crippen LogP contribution in [0.1, 0.15) is 21.7 Å². The first-order chi connectivity index (χ1) is 12.5. The molecule has 0 saturated carbocycles. The molecule has 1 aromatic heterocycles. The summed E-state index contributed by atoms with van der Waals surface area (Å²) in [7, 11) is 3.10. The lowest BCUT2D eigenvalue weighted by atomic mass is 10.1. The van der Waals surface area contributed by atoms with Crippen molar-refractivity contribution in [2.24, 2.45) is 0 Å². The molecule has 3 rings (SSSR count). The number of carbonyl (C=O) groups excluding carboxylic acids is 1. The molecule has 0 unspecified atom stereocenters. The number of hydrogen-bond acceptors (Lipinski definition) is 4. The molecule has 0 bridgehead atoms. The maximum atomic E-state index is 12.8. The summed E-state index contributed by atoms with van der Waals surface area (Å²) in [6.07, 6.45) is 0. The van der Waals surface area contributed by atoms with Gasteiger partial charge in [-0.1, -0.05) is 12.1 Å². The van der Waals surface area contributed by atoms with Gasteiger partial charge in [0.05, 0.1) is 31.3 Å². The second-order valence-corrected chi connectivity index (χ2v) is 5.91. The van der Waals surface area contributed by atoms with E-state index < -0.39 is 0 Å². The predicted molar refractivity (Wildman–Crippen MR) is 101 cm³/mol. The highest BCUT2D eigenvalue weighted by Crippen LogP contribution is 2.25. The Hall–Kier alpha value is -3.28. The Morgan fingerprint density at radius 1 is 1.00 bits per heavy atom. The van der Waals surface area contributed by atoms with Crippen molar-refractivity contribution >= 4 is 11.6 Å². The molecule has 3 aromatic rings. The van der Waals surface area contributed by atoms with Crippen LogP contribution in [0.15, 0.2) is 48.5 Å². The summed E-state index contributed by atoms with van der Waals surface area (Å²) in [5.74, 6) is 0.860. The lowest BCUT2D eigenvalue weighted by molar-refractivity contribution is 0.102. The minimum Gasteiger partial charge on any atom is -0.497 e. The van der Waals surface area contributed by atoms with Gasteiger partial charge < -0.3 is 14.8 Å². The summed E-state index contributed by atoms with van der Waals surface area (Å²) >= 11 is 0. The number of benzene rings is 2. The molecule has 1 heterocycles. The van der Waals surface area contributed by atoms with Gasteiger partial charge in [-0.2, -0.15) is 5.10 Å². The van der Waals surface area contributed by atoms with Crippen LogP contribution in [-0.2, 0) is 0 Å². The molecule has 1 N–H and O–H groups in total. The summed E-state index contributed by atoms with van der Waals surface area (Å²) in [6.45, 7) is 3.92. The van der Waals surface area contributed by atoms with Crippen LogP contribution in [0.2, 0.25) is 0 Å². The Labute approximate surface area is 152 Å². The highest BCUT2D eigenvalue weighted by atomic mass is 16.5. The van der Waals surface area contributed by atoms with E-state index in [2.05, 4.69) is 10.4 Å². The van der Waals surface area contributed by atoms with Gasteiger partial charge in [0.2, 0.25) is 0 Å². The Bertz CT molecular complexity index is 925. The first-order valence-corrected chi connectivity index (χ1v) is 8.19. The number of aryl methyl sites for hydroxylation is 2. The summed E-state index contributed by atoms with van der Waals surface area (Å²) in [5, 5.41) is 7.45. The van der Waals surface area contributed by atoms with Crippen LogP contribution in [0.4, 0.5) is 5.69 Å². The van der Waals surface area contributed by atoms with Gasteiger partial charge in [0.1, 0.15) is 11.5 Å². The number of aromatic nitrogens is 2. The number of amides is 1. The highest BCUT2D eigenvalue weighted by Gasteiger charge is 2.14. The smallest absolute Gasteiger partial charge is 0.255 e. The van der Waals surface area contributed by atoms with Gasteiger partial charge >= 0.3 is 0 Å².